The highest BCUT2D eigenvalue weighted by Crippen LogP contribution is 2.32. The second-order valence-corrected chi connectivity index (χ2v) is 6.73. The number of nitrogens with one attached hydrogen (secondary N) is 2. The van der Waals surface area contributed by atoms with Crippen molar-refractivity contribution < 1.29 is 19.1 Å². The lowest BCUT2D eigenvalue weighted by Gasteiger charge is -2.10. The standard InChI is InChI=1S/C18H15Cl3N2O4/c1-10-2-4-11(5-3-10)18(26)22-8-17(25)27-9-16(24)23-15-7-13(20)12(19)6-14(15)21/h2-7H,8-9H2,1H3,(H,22,26)(H,23,24). The maximum atomic E-state index is 11.9. The summed E-state index contributed by atoms with van der Waals surface area (Å²) in [5, 5.41) is 5.52. The van der Waals surface area contributed by atoms with Gasteiger partial charge in [0, 0.05) is 5.56 Å². The lowest BCUT2D eigenvalue weighted by atomic mass is 10.1. The minimum absolute atomic E-state index is 0.189. The van der Waals surface area contributed by atoms with Gasteiger partial charge in [-0.2, -0.15) is 0 Å². The summed E-state index contributed by atoms with van der Waals surface area (Å²) in [5.41, 5.74) is 1.67. The van der Waals surface area contributed by atoms with Crippen LogP contribution in [0.4, 0.5) is 5.69 Å². The molecule has 2 amide bonds. The van der Waals surface area contributed by atoms with Gasteiger partial charge in [0.05, 0.1) is 20.8 Å². The molecule has 2 aromatic carbocycles. The fourth-order valence-corrected chi connectivity index (χ4v) is 2.56. The summed E-state index contributed by atoms with van der Waals surface area (Å²) in [6.45, 7) is 0.985. The van der Waals surface area contributed by atoms with Gasteiger partial charge in [0.25, 0.3) is 11.8 Å². The highest BCUT2D eigenvalue weighted by atomic mass is 35.5. The lowest BCUT2D eigenvalue weighted by molar-refractivity contribution is -0.146. The van der Waals surface area contributed by atoms with Gasteiger partial charge >= 0.3 is 5.97 Å². The van der Waals surface area contributed by atoms with E-state index < -0.39 is 24.4 Å². The van der Waals surface area contributed by atoms with Gasteiger partial charge in [-0.05, 0) is 31.2 Å². The summed E-state index contributed by atoms with van der Waals surface area (Å²) in [7, 11) is 0. The predicted octanol–water partition coefficient (Wildman–Crippen LogP) is 3.87. The van der Waals surface area contributed by atoms with Gasteiger partial charge in [-0.3, -0.25) is 14.4 Å². The summed E-state index contributed by atoms with van der Waals surface area (Å²) >= 11 is 17.6. The first-order valence-electron chi connectivity index (χ1n) is 7.71. The van der Waals surface area contributed by atoms with Crippen LogP contribution in [0, 0.1) is 6.92 Å². The quantitative estimate of drug-likeness (QED) is 0.539. The number of aryl methyl sites for hydroxylation is 1. The number of esters is 1. The van der Waals surface area contributed by atoms with Crippen LogP contribution in [-0.4, -0.2) is 30.9 Å². The van der Waals surface area contributed by atoms with Crippen LogP contribution in [-0.2, 0) is 14.3 Å². The molecule has 0 atom stereocenters. The highest BCUT2D eigenvalue weighted by molar-refractivity contribution is 6.44. The van der Waals surface area contributed by atoms with Crippen molar-refractivity contribution in [3.63, 3.8) is 0 Å². The molecule has 0 aliphatic carbocycles. The predicted molar refractivity (Wildman–Crippen MR) is 105 cm³/mol. The van der Waals surface area contributed by atoms with E-state index in [-0.39, 0.29) is 27.3 Å². The van der Waals surface area contributed by atoms with Crippen molar-refractivity contribution in [1.29, 1.82) is 0 Å². The molecular weight excluding hydrogens is 415 g/mol. The third-order valence-corrected chi connectivity index (χ3v) is 4.39. The van der Waals surface area contributed by atoms with E-state index in [1.165, 1.54) is 12.1 Å². The third-order valence-electron chi connectivity index (χ3n) is 3.36. The Kier molecular flexibility index (Phi) is 7.47. The number of carbonyl (C=O) groups excluding carboxylic acids is 3. The molecular formula is C18H15Cl3N2O4. The number of hydrogen-bond acceptors (Lipinski definition) is 4. The van der Waals surface area contributed by atoms with E-state index in [4.69, 9.17) is 39.5 Å². The van der Waals surface area contributed by atoms with E-state index in [9.17, 15) is 14.4 Å². The smallest absolute Gasteiger partial charge is 0.325 e. The largest absolute Gasteiger partial charge is 0.454 e. The molecule has 9 heteroatoms. The summed E-state index contributed by atoms with van der Waals surface area (Å²) in [6, 6.07) is 9.62. The average molecular weight is 430 g/mol. The molecule has 0 bridgehead atoms. The topological polar surface area (TPSA) is 84.5 Å². The molecule has 0 unspecified atom stereocenters. The number of rotatable bonds is 6. The minimum Gasteiger partial charge on any atom is -0.454 e. The summed E-state index contributed by atoms with van der Waals surface area (Å²) in [6.07, 6.45) is 0. The number of amides is 2. The Bertz CT molecular complexity index is 870. The first kappa shape index (κ1) is 21.0. The van der Waals surface area contributed by atoms with E-state index >= 15 is 0 Å². The number of halogens is 3. The molecule has 0 heterocycles. The molecule has 2 aromatic rings. The minimum atomic E-state index is -0.758. The second kappa shape index (κ2) is 9.60. The van der Waals surface area contributed by atoms with Crippen molar-refractivity contribution in [2.75, 3.05) is 18.5 Å². The van der Waals surface area contributed by atoms with Crippen molar-refractivity contribution in [1.82, 2.24) is 5.32 Å². The normalized spacial score (nSPS) is 10.2. The summed E-state index contributed by atoms with van der Waals surface area (Å²) in [5.74, 6) is -1.79. The Morgan fingerprint density at radius 3 is 2.26 bits per heavy atom. The van der Waals surface area contributed by atoms with Gasteiger partial charge in [-0.25, -0.2) is 0 Å². The monoisotopic (exact) mass is 428 g/mol. The Hall–Kier alpha value is -2.28. The molecule has 0 aliphatic heterocycles. The zero-order valence-corrected chi connectivity index (χ0v) is 16.4. The first-order chi connectivity index (χ1) is 12.8. The zero-order chi connectivity index (χ0) is 20.0. The first-order valence-corrected chi connectivity index (χ1v) is 8.84. The molecule has 6 nitrogen and oxygen atoms in total. The van der Waals surface area contributed by atoms with Gasteiger partial charge in [-0.15, -0.1) is 0 Å². The van der Waals surface area contributed by atoms with Gasteiger partial charge in [0.15, 0.2) is 6.61 Å². The molecule has 0 aromatic heterocycles. The van der Waals surface area contributed by atoms with Crippen LogP contribution in [0.1, 0.15) is 15.9 Å². The second-order valence-electron chi connectivity index (χ2n) is 5.50. The third kappa shape index (κ3) is 6.43. The maximum absolute atomic E-state index is 11.9. The van der Waals surface area contributed by atoms with Gasteiger partial charge in [0.2, 0.25) is 0 Å². The molecule has 0 radical (unpaired) electrons. The van der Waals surface area contributed by atoms with E-state index in [0.29, 0.717) is 5.56 Å². The average Bonchev–Trinajstić information content (AvgIpc) is 2.63. The summed E-state index contributed by atoms with van der Waals surface area (Å²) in [4.78, 5) is 35.4. The molecule has 0 aliphatic rings. The molecule has 0 saturated carbocycles. The number of benzene rings is 2. The lowest BCUT2D eigenvalue weighted by Crippen LogP contribution is -2.32. The molecule has 2 rings (SSSR count). The van der Waals surface area contributed by atoms with Crippen molar-refractivity contribution in [2.45, 2.75) is 6.92 Å². The van der Waals surface area contributed by atoms with Gasteiger partial charge < -0.3 is 15.4 Å². The fourth-order valence-electron chi connectivity index (χ4n) is 1.96. The molecule has 0 saturated heterocycles. The van der Waals surface area contributed by atoms with Crippen LogP contribution in [0.5, 0.6) is 0 Å². The molecule has 0 spiro atoms. The highest BCUT2D eigenvalue weighted by Gasteiger charge is 2.13. The van der Waals surface area contributed by atoms with Crippen LogP contribution >= 0.6 is 34.8 Å². The SMILES string of the molecule is Cc1ccc(C(=O)NCC(=O)OCC(=O)Nc2cc(Cl)c(Cl)cc2Cl)cc1. The molecule has 27 heavy (non-hydrogen) atoms. The van der Waals surface area contributed by atoms with Crippen molar-refractivity contribution in [3.05, 3.63) is 62.6 Å². The van der Waals surface area contributed by atoms with Crippen LogP contribution in [0.3, 0.4) is 0 Å². The van der Waals surface area contributed by atoms with Crippen molar-refractivity contribution in [2.24, 2.45) is 0 Å². The molecule has 0 fully saturated rings. The van der Waals surface area contributed by atoms with E-state index in [0.717, 1.165) is 5.56 Å². The van der Waals surface area contributed by atoms with Crippen LogP contribution in [0.15, 0.2) is 36.4 Å². The van der Waals surface area contributed by atoms with Crippen molar-refractivity contribution >= 4 is 58.3 Å². The maximum Gasteiger partial charge on any atom is 0.325 e. The van der Waals surface area contributed by atoms with E-state index in [1.807, 2.05) is 6.92 Å². The van der Waals surface area contributed by atoms with Gasteiger partial charge in [0.1, 0.15) is 6.54 Å². The Morgan fingerprint density at radius 1 is 0.963 bits per heavy atom. The van der Waals surface area contributed by atoms with Gasteiger partial charge in [-0.1, -0.05) is 52.5 Å². The van der Waals surface area contributed by atoms with E-state index in [1.54, 1.807) is 24.3 Å². The van der Waals surface area contributed by atoms with Crippen LogP contribution in [0.25, 0.3) is 0 Å². The fraction of sp³-hybridized carbons (Fsp3) is 0.167. The van der Waals surface area contributed by atoms with Crippen molar-refractivity contribution in [3.8, 4) is 0 Å². The molecule has 142 valence electrons. The van der Waals surface area contributed by atoms with Crippen LogP contribution < -0.4 is 10.6 Å². The Labute approximate surface area is 170 Å². The Balaban J connectivity index is 1.78. The number of ether oxygens (including phenoxy) is 1. The van der Waals surface area contributed by atoms with Crippen LogP contribution in [0.2, 0.25) is 15.1 Å². The van der Waals surface area contributed by atoms with E-state index in [2.05, 4.69) is 10.6 Å². The Morgan fingerprint density at radius 2 is 1.59 bits per heavy atom. The number of anilines is 1. The molecule has 2 N–H and O–H groups in total. The zero-order valence-electron chi connectivity index (χ0n) is 14.1. The number of hydrogen-bond donors (Lipinski definition) is 2. The summed E-state index contributed by atoms with van der Waals surface area (Å²) < 4.78 is 4.81. The number of carbonyl (C=O) groups is 3.